The molecule has 1 aliphatic heterocycles. The molecule has 0 bridgehead atoms. The van der Waals surface area contributed by atoms with E-state index in [1.165, 1.54) is 12.3 Å². The van der Waals surface area contributed by atoms with Gasteiger partial charge in [0.25, 0.3) is 5.69 Å². The molecule has 2 rings (SSSR count). The molecule has 0 saturated carbocycles. The minimum atomic E-state index is -0.750. The van der Waals surface area contributed by atoms with Crippen molar-refractivity contribution in [3.63, 3.8) is 0 Å². The Balaban J connectivity index is 2.16. The number of hydrogen-bond donors (Lipinski definition) is 1. The van der Waals surface area contributed by atoms with Crippen LogP contribution < -0.4 is 4.90 Å². The van der Waals surface area contributed by atoms with E-state index in [4.69, 9.17) is 0 Å². The third kappa shape index (κ3) is 2.99. The molecule has 0 radical (unpaired) electrons. The number of hydrogen-bond acceptors (Lipinski definition) is 5. The Bertz CT molecular complexity index is 571. The van der Waals surface area contributed by atoms with E-state index in [0.717, 1.165) is 0 Å². The summed E-state index contributed by atoms with van der Waals surface area (Å²) >= 11 is 3.30. The van der Waals surface area contributed by atoms with E-state index < -0.39 is 16.3 Å². The van der Waals surface area contributed by atoms with Crippen LogP contribution in [0.4, 0.5) is 11.5 Å². The summed E-state index contributed by atoms with van der Waals surface area (Å²) in [5.74, 6) is -0.129. The van der Waals surface area contributed by atoms with Crippen molar-refractivity contribution in [2.24, 2.45) is 5.41 Å². The number of aromatic nitrogens is 1. The molecular weight excluding hydrogens is 342 g/mol. The van der Waals surface area contributed by atoms with Gasteiger partial charge in [-0.05, 0) is 35.2 Å². The lowest BCUT2D eigenvalue weighted by Crippen LogP contribution is -2.44. The Kier molecular flexibility index (Phi) is 4.46. The normalized spacial score (nSPS) is 17.5. The van der Waals surface area contributed by atoms with Crippen LogP contribution in [-0.2, 0) is 4.79 Å². The number of pyridine rings is 1. The summed E-state index contributed by atoms with van der Waals surface area (Å²) in [4.78, 5) is 27.7. The molecule has 1 fully saturated rings. The lowest BCUT2D eigenvalue weighted by atomic mass is 9.76. The Hall–Kier alpha value is -1.70. The van der Waals surface area contributed by atoms with Gasteiger partial charge in [-0.2, -0.15) is 0 Å². The summed E-state index contributed by atoms with van der Waals surface area (Å²) in [6.45, 7) is 3.04. The van der Waals surface area contributed by atoms with Gasteiger partial charge in [-0.3, -0.25) is 14.9 Å². The number of carboxylic acid groups (broad SMARTS) is 1. The van der Waals surface area contributed by atoms with E-state index in [-0.39, 0.29) is 5.69 Å². The van der Waals surface area contributed by atoms with Crippen LogP contribution in [-0.4, -0.2) is 34.1 Å². The highest BCUT2D eigenvalue weighted by atomic mass is 79.9. The molecular formula is C13H16BrN3O4. The maximum atomic E-state index is 11.4. The molecule has 114 valence electrons. The first-order chi connectivity index (χ1) is 9.89. The van der Waals surface area contributed by atoms with Crippen LogP contribution >= 0.6 is 15.9 Å². The molecule has 8 heteroatoms. The molecule has 1 N–H and O–H groups in total. The van der Waals surface area contributed by atoms with E-state index >= 15 is 0 Å². The lowest BCUT2D eigenvalue weighted by molar-refractivity contribution is -0.385. The van der Waals surface area contributed by atoms with Crippen molar-refractivity contribution in [1.29, 1.82) is 0 Å². The fourth-order valence-electron chi connectivity index (χ4n) is 2.62. The first kappa shape index (κ1) is 15.7. The van der Waals surface area contributed by atoms with Crippen LogP contribution in [0.1, 0.15) is 26.2 Å². The summed E-state index contributed by atoms with van der Waals surface area (Å²) in [5, 5.41) is 20.1. The van der Waals surface area contributed by atoms with Gasteiger partial charge in [-0.1, -0.05) is 6.92 Å². The van der Waals surface area contributed by atoms with Crippen molar-refractivity contribution in [3.8, 4) is 0 Å². The van der Waals surface area contributed by atoms with Gasteiger partial charge in [-0.15, -0.1) is 0 Å². The number of carbonyl (C=O) groups is 1. The second kappa shape index (κ2) is 5.97. The molecule has 0 unspecified atom stereocenters. The predicted octanol–water partition coefficient (Wildman–Crippen LogP) is 2.83. The van der Waals surface area contributed by atoms with Gasteiger partial charge in [0.2, 0.25) is 0 Å². The highest BCUT2D eigenvalue weighted by Gasteiger charge is 2.40. The van der Waals surface area contributed by atoms with Gasteiger partial charge >= 0.3 is 5.97 Å². The zero-order chi connectivity index (χ0) is 15.6. The number of piperidine rings is 1. The van der Waals surface area contributed by atoms with Crippen LogP contribution in [0.15, 0.2) is 16.7 Å². The largest absolute Gasteiger partial charge is 0.481 e. The molecule has 7 nitrogen and oxygen atoms in total. The lowest BCUT2D eigenvalue weighted by Gasteiger charge is -2.39. The average Bonchev–Trinajstić information content (AvgIpc) is 2.47. The molecule has 1 aromatic rings. The predicted molar refractivity (Wildman–Crippen MR) is 80.4 cm³/mol. The first-order valence-electron chi connectivity index (χ1n) is 6.68. The van der Waals surface area contributed by atoms with Crippen molar-refractivity contribution in [3.05, 3.63) is 26.9 Å². The molecule has 0 aromatic carbocycles. The molecule has 2 heterocycles. The molecule has 1 aliphatic rings. The van der Waals surface area contributed by atoms with Crippen molar-refractivity contribution in [1.82, 2.24) is 4.98 Å². The summed E-state index contributed by atoms with van der Waals surface area (Å²) in [6.07, 6.45) is 2.91. The van der Waals surface area contributed by atoms with E-state index in [9.17, 15) is 20.0 Å². The number of halogens is 1. The Morgan fingerprint density at radius 2 is 2.19 bits per heavy atom. The summed E-state index contributed by atoms with van der Waals surface area (Å²) in [5.41, 5.74) is -0.736. The number of aliphatic carboxylic acids is 1. The molecule has 1 aromatic heterocycles. The zero-order valence-electron chi connectivity index (χ0n) is 11.6. The minimum absolute atomic E-state index is 0.0731. The van der Waals surface area contributed by atoms with Crippen LogP contribution in [0, 0.1) is 15.5 Å². The Morgan fingerprint density at radius 3 is 2.62 bits per heavy atom. The third-order valence-corrected chi connectivity index (χ3v) is 4.75. The van der Waals surface area contributed by atoms with Crippen LogP contribution in [0.25, 0.3) is 0 Å². The van der Waals surface area contributed by atoms with Crippen molar-refractivity contribution in [2.45, 2.75) is 26.2 Å². The highest BCUT2D eigenvalue weighted by molar-refractivity contribution is 9.10. The third-order valence-electron chi connectivity index (χ3n) is 4.17. The minimum Gasteiger partial charge on any atom is -0.481 e. The second-order valence-corrected chi connectivity index (χ2v) is 6.04. The second-order valence-electron chi connectivity index (χ2n) is 5.18. The van der Waals surface area contributed by atoms with Crippen molar-refractivity contribution < 1.29 is 14.8 Å². The van der Waals surface area contributed by atoms with Gasteiger partial charge in [-0.25, -0.2) is 4.98 Å². The molecule has 0 amide bonds. The van der Waals surface area contributed by atoms with Gasteiger partial charge in [0, 0.05) is 19.2 Å². The van der Waals surface area contributed by atoms with Gasteiger partial charge in [0.15, 0.2) is 0 Å². The monoisotopic (exact) mass is 357 g/mol. The SMILES string of the molecule is CCC1(C(=O)O)CCN(c2ncc([N+](=O)[O-])cc2Br)CC1. The van der Waals surface area contributed by atoms with Gasteiger partial charge < -0.3 is 10.0 Å². The number of carboxylic acids is 1. The fraction of sp³-hybridized carbons (Fsp3) is 0.538. The number of nitrogens with zero attached hydrogens (tertiary/aromatic N) is 3. The molecule has 21 heavy (non-hydrogen) atoms. The van der Waals surface area contributed by atoms with E-state index in [2.05, 4.69) is 20.9 Å². The number of nitro groups is 1. The highest BCUT2D eigenvalue weighted by Crippen LogP contribution is 2.38. The summed E-state index contributed by atoms with van der Waals surface area (Å²) < 4.78 is 0.552. The quantitative estimate of drug-likeness (QED) is 0.657. The molecule has 0 spiro atoms. The van der Waals surface area contributed by atoms with Gasteiger partial charge in [0.1, 0.15) is 12.0 Å². The average molecular weight is 358 g/mol. The topological polar surface area (TPSA) is 96.6 Å². The molecule has 0 atom stereocenters. The maximum Gasteiger partial charge on any atom is 0.309 e. The van der Waals surface area contributed by atoms with Crippen molar-refractivity contribution in [2.75, 3.05) is 18.0 Å². The van der Waals surface area contributed by atoms with Crippen molar-refractivity contribution >= 4 is 33.4 Å². The Labute approximate surface area is 130 Å². The summed E-state index contributed by atoms with van der Waals surface area (Å²) in [7, 11) is 0. The van der Waals surface area contributed by atoms with E-state index in [1.54, 1.807) is 0 Å². The summed E-state index contributed by atoms with van der Waals surface area (Å²) in [6, 6.07) is 1.42. The molecule has 0 aliphatic carbocycles. The number of anilines is 1. The standard InChI is InChI=1S/C13H16BrN3O4/c1-2-13(12(18)19)3-5-16(6-4-13)11-10(14)7-9(8-15-11)17(20)21/h7-8H,2-6H2,1H3,(H,18,19). The van der Waals surface area contributed by atoms with Crippen LogP contribution in [0.3, 0.4) is 0 Å². The van der Waals surface area contributed by atoms with Gasteiger partial charge in [0.05, 0.1) is 14.8 Å². The van der Waals surface area contributed by atoms with Crippen LogP contribution in [0.2, 0.25) is 0 Å². The zero-order valence-corrected chi connectivity index (χ0v) is 13.2. The van der Waals surface area contributed by atoms with E-state index in [0.29, 0.717) is 42.6 Å². The number of rotatable bonds is 4. The maximum absolute atomic E-state index is 11.4. The first-order valence-corrected chi connectivity index (χ1v) is 7.47. The molecule has 1 saturated heterocycles. The fourth-order valence-corrected chi connectivity index (χ4v) is 3.21. The van der Waals surface area contributed by atoms with E-state index in [1.807, 2.05) is 11.8 Å². The smallest absolute Gasteiger partial charge is 0.309 e. The van der Waals surface area contributed by atoms with Crippen LogP contribution in [0.5, 0.6) is 0 Å². The Morgan fingerprint density at radius 1 is 1.57 bits per heavy atom.